The minimum Gasteiger partial charge on any atom is -0.493 e. The van der Waals surface area contributed by atoms with Gasteiger partial charge >= 0.3 is 0 Å². The molecule has 1 amide bonds. The van der Waals surface area contributed by atoms with Crippen LogP contribution in [0.4, 0.5) is 5.00 Å². The van der Waals surface area contributed by atoms with Crippen LogP contribution in [0.1, 0.15) is 31.0 Å². The number of aryl methyl sites for hydroxylation is 1. The molecule has 1 N–H and O–H groups in total. The molecule has 1 aliphatic rings. The van der Waals surface area contributed by atoms with Crippen molar-refractivity contribution in [3.05, 3.63) is 29.8 Å². The van der Waals surface area contributed by atoms with Crippen LogP contribution in [0.3, 0.4) is 0 Å². The van der Waals surface area contributed by atoms with Gasteiger partial charge in [-0.3, -0.25) is 14.8 Å². The molecule has 1 aliphatic heterocycles. The summed E-state index contributed by atoms with van der Waals surface area (Å²) < 4.78 is 7.28. The first-order valence-electron chi connectivity index (χ1n) is 12.4. The summed E-state index contributed by atoms with van der Waals surface area (Å²) in [7, 11) is 5.24. The predicted octanol–water partition coefficient (Wildman–Crippen LogP) is 2.89. The van der Waals surface area contributed by atoms with E-state index in [2.05, 4.69) is 45.8 Å². The van der Waals surface area contributed by atoms with Crippen molar-refractivity contribution in [1.29, 1.82) is 0 Å². The van der Waals surface area contributed by atoms with Gasteiger partial charge in [0, 0.05) is 57.6 Å². The number of pyridine rings is 1. The third kappa shape index (κ3) is 4.78. The second kappa shape index (κ2) is 10.1. The highest BCUT2D eigenvalue weighted by molar-refractivity contribution is 7.19. The van der Waals surface area contributed by atoms with Crippen LogP contribution in [-0.2, 0) is 4.79 Å². The zero-order valence-electron chi connectivity index (χ0n) is 22.1. The molecule has 4 aromatic rings. The van der Waals surface area contributed by atoms with Crippen molar-refractivity contribution in [3.63, 3.8) is 0 Å². The van der Waals surface area contributed by atoms with E-state index in [-0.39, 0.29) is 11.8 Å². The van der Waals surface area contributed by atoms with Gasteiger partial charge in [-0.15, -0.1) is 0 Å². The molecule has 5 heterocycles. The lowest BCUT2D eigenvalue weighted by Gasteiger charge is -2.35. The van der Waals surface area contributed by atoms with Crippen LogP contribution in [0.15, 0.2) is 18.6 Å². The van der Waals surface area contributed by atoms with E-state index in [9.17, 15) is 4.79 Å². The van der Waals surface area contributed by atoms with E-state index in [0.29, 0.717) is 17.9 Å². The number of methoxy groups -OCH3 is 1. The molecule has 196 valence electrons. The fourth-order valence-electron chi connectivity index (χ4n) is 4.70. The summed E-state index contributed by atoms with van der Waals surface area (Å²) in [5.74, 6) is 1.00. The number of amides is 1. The number of hydrogen-bond donors (Lipinski definition) is 1. The third-order valence-electron chi connectivity index (χ3n) is 6.72. The molecule has 0 saturated carbocycles. The van der Waals surface area contributed by atoms with Gasteiger partial charge in [-0.2, -0.15) is 10.2 Å². The number of aromatic nitrogens is 6. The molecule has 0 bridgehead atoms. The van der Waals surface area contributed by atoms with Crippen molar-refractivity contribution >= 4 is 27.9 Å². The van der Waals surface area contributed by atoms with Crippen LogP contribution in [0, 0.1) is 6.92 Å². The van der Waals surface area contributed by atoms with E-state index in [1.807, 2.05) is 12.3 Å². The van der Waals surface area contributed by atoms with E-state index in [4.69, 9.17) is 14.8 Å². The number of aromatic amines is 1. The first-order valence-corrected chi connectivity index (χ1v) is 13.2. The number of nitrogens with one attached hydrogen (secondary N) is 1. The molecule has 1 fully saturated rings. The Balaban J connectivity index is 1.42. The molecular formula is C25H33N9O2S. The SMILES string of the molecule is COc1cc(-c2n[nH]c(-c3nc(C)c(N4CCN(CC(=O)N(C)C)CC4)s3)c2C(C)C)cn2ncnc12. The zero-order chi connectivity index (χ0) is 26.3. The highest BCUT2D eigenvalue weighted by atomic mass is 32.1. The van der Waals surface area contributed by atoms with Crippen LogP contribution in [-0.4, -0.2) is 99.4 Å². The van der Waals surface area contributed by atoms with Crippen molar-refractivity contribution in [2.45, 2.75) is 26.7 Å². The number of piperazine rings is 1. The van der Waals surface area contributed by atoms with Gasteiger partial charge in [0.25, 0.3) is 0 Å². The standard InChI is InChI=1S/C25H33N9O2S/c1-15(2)20-21(17-11-18(36-6)23-26-14-27-34(23)12-17)29-30-22(20)24-28-16(3)25(37-24)33-9-7-32(8-10-33)13-19(35)31(4)5/h11-12,14-15H,7-10,13H2,1-6H3,(H,29,30). The average Bonchev–Trinajstić information content (AvgIpc) is 3.61. The summed E-state index contributed by atoms with van der Waals surface area (Å²) in [6.45, 7) is 10.3. The number of nitrogens with zero attached hydrogens (tertiary/aromatic N) is 8. The lowest BCUT2D eigenvalue weighted by molar-refractivity contribution is -0.129. The Bertz CT molecular complexity index is 1410. The number of carbonyl (C=O) groups is 1. The number of anilines is 1. The lowest BCUT2D eigenvalue weighted by Crippen LogP contribution is -2.49. The molecule has 11 nitrogen and oxygen atoms in total. The molecule has 12 heteroatoms. The van der Waals surface area contributed by atoms with E-state index in [1.54, 1.807) is 42.0 Å². The van der Waals surface area contributed by atoms with Crippen LogP contribution in [0.5, 0.6) is 5.75 Å². The summed E-state index contributed by atoms with van der Waals surface area (Å²) in [4.78, 5) is 27.6. The number of hydrogen-bond acceptors (Lipinski definition) is 9. The quantitative estimate of drug-likeness (QED) is 0.394. The molecular weight excluding hydrogens is 490 g/mol. The Morgan fingerprint density at radius 3 is 2.68 bits per heavy atom. The zero-order valence-corrected chi connectivity index (χ0v) is 23.0. The lowest BCUT2D eigenvalue weighted by atomic mass is 9.97. The minimum atomic E-state index is 0.140. The number of ether oxygens (including phenoxy) is 1. The van der Waals surface area contributed by atoms with Crippen molar-refractivity contribution in [2.24, 2.45) is 0 Å². The average molecular weight is 524 g/mol. The van der Waals surface area contributed by atoms with Gasteiger partial charge in [-0.1, -0.05) is 25.2 Å². The van der Waals surface area contributed by atoms with Gasteiger partial charge in [0.2, 0.25) is 5.91 Å². The van der Waals surface area contributed by atoms with Crippen LogP contribution < -0.4 is 9.64 Å². The summed E-state index contributed by atoms with van der Waals surface area (Å²) in [6, 6.07) is 1.95. The maximum absolute atomic E-state index is 12.1. The van der Waals surface area contributed by atoms with Crippen molar-refractivity contribution in [1.82, 2.24) is 39.6 Å². The van der Waals surface area contributed by atoms with Gasteiger partial charge < -0.3 is 14.5 Å². The molecule has 5 rings (SSSR count). The first kappa shape index (κ1) is 25.2. The summed E-state index contributed by atoms with van der Waals surface area (Å²) in [5, 5.41) is 14.4. The fraction of sp³-hybridized carbons (Fsp3) is 0.480. The molecule has 0 atom stereocenters. The topological polar surface area (TPSA) is 108 Å². The molecule has 0 aliphatic carbocycles. The summed E-state index contributed by atoms with van der Waals surface area (Å²) in [5.41, 5.74) is 5.48. The summed E-state index contributed by atoms with van der Waals surface area (Å²) >= 11 is 1.69. The maximum Gasteiger partial charge on any atom is 0.236 e. The highest BCUT2D eigenvalue weighted by Gasteiger charge is 2.26. The minimum absolute atomic E-state index is 0.140. The van der Waals surface area contributed by atoms with Crippen molar-refractivity contribution in [2.75, 3.05) is 58.8 Å². The number of rotatable bonds is 7. The maximum atomic E-state index is 12.1. The molecule has 0 spiro atoms. The molecule has 0 unspecified atom stereocenters. The largest absolute Gasteiger partial charge is 0.493 e. The van der Waals surface area contributed by atoms with Gasteiger partial charge in [-0.25, -0.2) is 14.5 Å². The number of H-pyrrole nitrogens is 1. The Labute approximate surface area is 220 Å². The van der Waals surface area contributed by atoms with Gasteiger partial charge in [-0.05, 0) is 18.9 Å². The second-order valence-electron chi connectivity index (χ2n) is 9.80. The third-order valence-corrected chi connectivity index (χ3v) is 7.95. The van der Waals surface area contributed by atoms with E-state index < -0.39 is 0 Å². The molecule has 4 aromatic heterocycles. The monoisotopic (exact) mass is 523 g/mol. The van der Waals surface area contributed by atoms with Crippen LogP contribution >= 0.6 is 11.3 Å². The number of fused-ring (bicyclic) bond motifs is 1. The van der Waals surface area contributed by atoms with Gasteiger partial charge in [0.05, 0.1) is 30.7 Å². The van der Waals surface area contributed by atoms with E-state index >= 15 is 0 Å². The first-order chi connectivity index (χ1) is 17.8. The van der Waals surface area contributed by atoms with E-state index in [1.165, 1.54) is 11.3 Å². The van der Waals surface area contributed by atoms with Crippen molar-refractivity contribution in [3.8, 4) is 27.7 Å². The number of thiazole rings is 1. The molecule has 37 heavy (non-hydrogen) atoms. The molecule has 0 radical (unpaired) electrons. The number of carbonyl (C=O) groups excluding carboxylic acids is 1. The predicted molar refractivity (Wildman–Crippen MR) is 144 cm³/mol. The van der Waals surface area contributed by atoms with Crippen LogP contribution in [0.2, 0.25) is 0 Å². The van der Waals surface area contributed by atoms with E-state index in [0.717, 1.165) is 59.4 Å². The fourth-order valence-corrected chi connectivity index (χ4v) is 5.83. The van der Waals surface area contributed by atoms with Gasteiger partial charge in [0.15, 0.2) is 11.4 Å². The molecule has 0 aromatic carbocycles. The van der Waals surface area contributed by atoms with Crippen LogP contribution in [0.25, 0.3) is 27.6 Å². The Morgan fingerprint density at radius 2 is 2.00 bits per heavy atom. The molecule has 1 saturated heterocycles. The Hall–Kier alpha value is -3.51. The Morgan fingerprint density at radius 1 is 1.24 bits per heavy atom. The second-order valence-corrected chi connectivity index (χ2v) is 10.8. The Kier molecular flexibility index (Phi) is 6.86. The normalized spacial score (nSPS) is 14.6. The number of likely N-dealkylation sites (N-methyl/N-ethyl adjacent to an activating group) is 1. The summed E-state index contributed by atoms with van der Waals surface area (Å²) in [6.07, 6.45) is 3.44. The van der Waals surface area contributed by atoms with Gasteiger partial charge in [0.1, 0.15) is 16.3 Å². The van der Waals surface area contributed by atoms with Crippen molar-refractivity contribution < 1.29 is 9.53 Å². The highest BCUT2D eigenvalue weighted by Crippen LogP contribution is 2.41. The smallest absolute Gasteiger partial charge is 0.236 e.